The van der Waals surface area contributed by atoms with E-state index in [9.17, 15) is 4.79 Å². The van der Waals surface area contributed by atoms with E-state index in [0.29, 0.717) is 17.9 Å². The highest BCUT2D eigenvalue weighted by Gasteiger charge is 2.12. The van der Waals surface area contributed by atoms with Crippen molar-refractivity contribution in [1.82, 2.24) is 5.32 Å². The van der Waals surface area contributed by atoms with Gasteiger partial charge >= 0.3 is 0 Å². The van der Waals surface area contributed by atoms with Gasteiger partial charge in [-0.15, -0.1) is 0 Å². The van der Waals surface area contributed by atoms with Crippen molar-refractivity contribution < 1.29 is 9.53 Å². The molecular weight excluding hydrogens is 286 g/mol. The fraction of sp³-hybridized carbons (Fsp3) is 0.350. The van der Waals surface area contributed by atoms with Gasteiger partial charge in [-0.05, 0) is 30.7 Å². The number of unbranched alkanes of at least 4 members (excludes halogenated alkanes) is 4. The summed E-state index contributed by atoms with van der Waals surface area (Å²) >= 11 is 0. The lowest BCUT2D eigenvalue weighted by atomic mass is 10.1. The molecule has 0 unspecified atom stereocenters. The van der Waals surface area contributed by atoms with Gasteiger partial charge in [0.05, 0.1) is 5.56 Å². The molecule has 2 aromatic carbocycles. The van der Waals surface area contributed by atoms with Crippen molar-refractivity contribution in [2.45, 2.75) is 39.0 Å². The van der Waals surface area contributed by atoms with Gasteiger partial charge in [0.1, 0.15) is 11.5 Å². The van der Waals surface area contributed by atoms with Crippen LogP contribution >= 0.6 is 0 Å². The summed E-state index contributed by atoms with van der Waals surface area (Å²) in [7, 11) is 0. The smallest absolute Gasteiger partial charge is 0.255 e. The van der Waals surface area contributed by atoms with Crippen molar-refractivity contribution in [2.24, 2.45) is 0 Å². The van der Waals surface area contributed by atoms with E-state index in [2.05, 4.69) is 12.2 Å². The quantitative estimate of drug-likeness (QED) is 0.648. The van der Waals surface area contributed by atoms with Crippen molar-refractivity contribution in [1.29, 1.82) is 0 Å². The molecule has 23 heavy (non-hydrogen) atoms. The lowest BCUT2D eigenvalue weighted by Crippen LogP contribution is -2.24. The minimum atomic E-state index is -0.0768. The third-order valence-corrected chi connectivity index (χ3v) is 3.67. The van der Waals surface area contributed by atoms with E-state index in [1.54, 1.807) is 6.07 Å². The molecule has 3 heteroatoms. The third kappa shape index (κ3) is 5.78. The molecule has 0 atom stereocenters. The Hall–Kier alpha value is -2.29. The number of hydrogen-bond donors (Lipinski definition) is 1. The van der Waals surface area contributed by atoms with Crippen molar-refractivity contribution in [2.75, 3.05) is 6.54 Å². The van der Waals surface area contributed by atoms with Crippen LogP contribution in [0.1, 0.15) is 49.4 Å². The molecule has 1 amide bonds. The molecule has 0 saturated carbocycles. The Morgan fingerprint density at radius 1 is 0.913 bits per heavy atom. The van der Waals surface area contributed by atoms with Crippen LogP contribution < -0.4 is 10.1 Å². The fourth-order valence-electron chi connectivity index (χ4n) is 2.38. The van der Waals surface area contributed by atoms with E-state index in [0.717, 1.165) is 18.6 Å². The van der Waals surface area contributed by atoms with Crippen LogP contribution in [0.5, 0.6) is 11.5 Å². The molecule has 0 aliphatic heterocycles. The van der Waals surface area contributed by atoms with Crippen molar-refractivity contribution in [3.8, 4) is 11.5 Å². The molecule has 0 heterocycles. The van der Waals surface area contributed by atoms with E-state index < -0.39 is 0 Å². The summed E-state index contributed by atoms with van der Waals surface area (Å²) in [6.45, 7) is 2.91. The number of benzene rings is 2. The second-order valence-corrected chi connectivity index (χ2v) is 5.58. The van der Waals surface area contributed by atoms with Crippen LogP contribution in [-0.2, 0) is 0 Å². The minimum absolute atomic E-state index is 0.0768. The number of amides is 1. The molecule has 0 aromatic heterocycles. The van der Waals surface area contributed by atoms with Gasteiger partial charge in [-0.2, -0.15) is 0 Å². The second kappa shape index (κ2) is 9.67. The van der Waals surface area contributed by atoms with Gasteiger partial charge in [0.15, 0.2) is 0 Å². The van der Waals surface area contributed by atoms with Gasteiger partial charge < -0.3 is 10.1 Å². The van der Waals surface area contributed by atoms with Crippen LogP contribution in [0.2, 0.25) is 0 Å². The average Bonchev–Trinajstić information content (AvgIpc) is 2.59. The van der Waals surface area contributed by atoms with Crippen molar-refractivity contribution in [3.05, 3.63) is 60.2 Å². The highest BCUT2D eigenvalue weighted by atomic mass is 16.5. The first-order valence-electron chi connectivity index (χ1n) is 8.41. The molecular formula is C20H25NO2. The lowest BCUT2D eigenvalue weighted by Gasteiger charge is -2.11. The Balaban J connectivity index is 1.90. The molecule has 0 spiro atoms. The van der Waals surface area contributed by atoms with Crippen LogP contribution in [0.15, 0.2) is 54.6 Å². The maximum absolute atomic E-state index is 12.4. The Kier molecular flexibility index (Phi) is 7.18. The molecule has 0 aliphatic rings. The maximum atomic E-state index is 12.4. The zero-order chi connectivity index (χ0) is 16.3. The van der Waals surface area contributed by atoms with E-state index >= 15 is 0 Å². The van der Waals surface area contributed by atoms with Gasteiger partial charge in [-0.3, -0.25) is 4.79 Å². The van der Waals surface area contributed by atoms with Crippen LogP contribution in [0.4, 0.5) is 0 Å². The highest BCUT2D eigenvalue weighted by Crippen LogP contribution is 2.24. The summed E-state index contributed by atoms with van der Waals surface area (Å²) in [4.78, 5) is 12.4. The highest BCUT2D eigenvalue weighted by molar-refractivity contribution is 5.96. The number of carbonyl (C=O) groups excluding carboxylic acids is 1. The summed E-state index contributed by atoms with van der Waals surface area (Å²) in [5.74, 6) is 1.24. The van der Waals surface area contributed by atoms with Crippen molar-refractivity contribution >= 4 is 5.91 Å². The lowest BCUT2D eigenvalue weighted by molar-refractivity contribution is 0.0950. The summed E-state index contributed by atoms with van der Waals surface area (Å²) < 4.78 is 5.83. The third-order valence-electron chi connectivity index (χ3n) is 3.67. The Bertz CT molecular complexity index is 596. The normalized spacial score (nSPS) is 10.3. The molecule has 0 fully saturated rings. The number of ether oxygens (including phenoxy) is 1. The fourth-order valence-corrected chi connectivity index (χ4v) is 2.38. The van der Waals surface area contributed by atoms with Gasteiger partial charge in [-0.25, -0.2) is 0 Å². The summed E-state index contributed by atoms with van der Waals surface area (Å²) in [6.07, 6.45) is 5.92. The van der Waals surface area contributed by atoms with Crippen molar-refractivity contribution in [3.63, 3.8) is 0 Å². The number of hydrogen-bond acceptors (Lipinski definition) is 2. The Morgan fingerprint density at radius 2 is 1.61 bits per heavy atom. The topological polar surface area (TPSA) is 38.3 Å². The average molecular weight is 311 g/mol. The first kappa shape index (κ1) is 17.1. The number of carbonyl (C=O) groups is 1. The SMILES string of the molecule is CCCCCCCNC(=O)c1ccccc1Oc1ccccc1. The van der Waals surface area contributed by atoms with E-state index in [1.165, 1.54) is 19.3 Å². The summed E-state index contributed by atoms with van der Waals surface area (Å²) in [5.41, 5.74) is 0.574. The number of rotatable bonds is 9. The van der Waals surface area contributed by atoms with Gasteiger partial charge in [0.2, 0.25) is 0 Å². The first-order chi connectivity index (χ1) is 11.3. The van der Waals surface area contributed by atoms with Gasteiger partial charge in [0, 0.05) is 6.54 Å². The molecule has 1 N–H and O–H groups in total. The van der Waals surface area contributed by atoms with Gasteiger partial charge in [0.25, 0.3) is 5.91 Å². The Labute approximate surface area is 138 Å². The van der Waals surface area contributed by atoms with Crippen LogP contribution in [0.25, 0.3) is 0 Å². The molecule has 3 nitrogen and oxygen atoms in total. The molecule has 2 rings (SSSR count). The predicted octanol–water partition coefficient (Wildman–Crippen LogP) is 5.18. The standard InChI is InChI=1S/C20H25NO2/c1-2-3-4-5-11-16-21-20(22)18-14-9-10-15-19(18)23-17-12-7-6-8-13-17/h6-10,12-15H,2-5,11,16H2,1H3,(H,21,22). The second-order valence-electron chi connectivity index (χ2n) is 5.58. The monoisotopic (exact) mass is 311 g/mol. The van der Waals surface area contributed by atoms with Crippen LogP contribution in [0.3, 0.4) is 0 Å². The zero-order valence-electron chi connectivity index (χ0n) is 13.8. The molecule has 0 saturated heterocycles. The molecule has 0 radical (unpaired) electrons. The zero-order valence-corrected chi connectivity index (χ0v) is 13.8. The molecule has 122 valence electrons. The largest absolute Gasteiger partial charge is 0.457 e. The molecule has 2 aromatic rings. The summed E-state index contributed by atoms with van der Waals surface area (Å²) in [5, 5.41) is 2.98. The Morgan fingerprint density at radius 3 is 2.39 bits per heavy atom. The van der Waals surface area contributed by atoms with Crippen LogP contribution in [-0.4, -0.2) is 12.5 Å². The number of para-hydroxylation sites is 2. The van der Waals surface area contributed by atoms with Gasteiger partial charge in [-0.1, -0.05) is 62.9 Å². The number of nitrogens with one attached hydrogen (secondary N) is 1. The summed E-state index contributed by atoms with van der Waals surface area (Å²) in [6, 6.07) is 16.9. The first-order valence-corrected chi connectivity index (χ1v) is 8.41. The molecule has 0 aliphatic carbocycles. The van der Waals surface area contributed by atoms with E-state index in [-0.39, 0.29) is 5.91 Å². The molecule has 0 bridgehead atoms. The predicted molar refractivity (Wildman–Crippen MR) is 94.1 cm³/mol. The van der Waals surface area contributed by atoms with E-state index in [4.69, 9.17) is 4.74 Å². The minimum Gasteiger partial charge on any atom is -0.457 e. The van der Waals surface area contributed by atoms with Crippen LogP contribution in [0, 0.1) is 0 Å². The maximum Gasteiger partial charge on any atom is 0.255 e. The van der Waals surface area contributed by atoms with E-state index in [1.807, 2.05) is 48.5 Å².